The molecule has 0 saturated heterocycles. The molecule has 2 aliphatic rings. The maximum absolute atomic E-state index is 13.1. The summed E-state index contributed by atoms with van der Waals surface area (Å²) < 4.78 is 0. The molecular formula is C22H30N2O3. The molecule has 1 fully saturated rings. The van der Waals surface area contributed by atoms with Crippen LogP contribution in [0.5, 0.6) is 0 Å². The summed E-state index contributed by atoms with van der Waals surface area (Å²) in [6, 6.07) is 7.46. The third kappa shape index (κ3) is 3.47. The van der Waals surface area contributed by atoms with E-state index in [1.807, 2.05) is 64.0 Å². The molecule has 1 N–H and O–H groups in total. The average molecular weight is 370 g/mol. The van der Waals surface area contributed by atoms with E-state index in [1.54, 1.807) is 4.90 Å². The summed E-state index contributed by atoms with van der Waals surface area (Å²) in [7, 11) is 3.94. The maximum atomic E-state index is 13.1. The predicted molar refractivity (Wildman–Crippen MR) is 107 cm³/mol. The van der Waals surface area contributed by atoms with Gasteiger partial charge in [0.15, 0.2) is 11.5 Å². The molecule has 1 amide bonds. The van der Waals surface area contributed by atoms with Crippen LogP contribution in [0.1, 0.15) is 58.1 Å². The molecule has 1 aromatic rings. The fourth-order valence-corrected chi connectivity index (χ4v) is 4.10. The van der Waals surface area contributed by atoms with Crippen LogP contribution < -0.4 is 4.90 Å². The molecule has 0 aromatic heterocycles. The summed E-state index contributed by atoms with van der Waals surface area (Å²) in [5, 5.41) is 10.7. The third-order valence-electron chi connectivity index (χ3n) is 5.61. The normalized spacial score (nSPS) is 21.3. The number of aliphatic hydroxyl groups is 1. The molecule has 27 heavy (non-hydrogen) atoms. The molecule has 1 saturated carbocycles. The number of hydrogen-bond acceptors (Lipinski definition) is 4. The highest BCUT2D eigenvalue weighted by atomic mass is 16.3. The van der Waals surface area contributed by atoms with Gasteiger partial charge >= 0.3 is 0 Å². The van der Waals surface area contributed by atoms with E-state index in [4.69, 9.17) is 0 Å². The van der Waals surface area contributed by atoms with Gasteiger partial charge < -0.3 is 14.9 Å². The monoisotopic (exact) mass is 370 g/mol. The summed E-state index contributed by atoms with van der Waals surface area (Å²) in [4.78, 5) is 29.9. The van der Waals surface area contributed by atoms with Crippen LogP contribution in [0.15, 0.2) is 35.6 Å². The van der Waals surface area contributed by atoms with Crippen molar-refractivity contribution in [2.75, 3.05) is 19.0 Å². The number of hydrogen-bond donors (Lipinski definition) is 1. The lowest BCUT2D eigenvalue weighted by molar-refractivity contribution is -0.131. The van der Waals surface area contributed by atoms with Crippen molar-refractivity contribution in [1.29, 1.82) is 0 Å². The number of amides is 1. The number of aliphatic hydroxyl groups excluding tert-OH is 1. The number of ketones is 1. The van der Waals surface area contributed by atoms with Gasteiger partial charge in [0.05, 0.1) is 11.6 Å². The molecule has 0 bridgehead atoms. The zero-order chi connectivity index (χ0) is 19.9. The summed E-state index contributed by atoms with van der Waals surface area (Å²) in [6.07, 6.45) is 3.98. The summed E-state index contributed by atoms with van der Waals surface area (Å²) in [6.45, 7) is 5.47. The average Bonchev–Trinajstić information content (AvgIpc) is 3.21. The largest absolute Gasteiger partial charge is 0.503 e. The molecule has 1 aliphatic heterocycles. The fourth-order valence-electron chi connectivity index (χ4n) is 4.10. The molecule has 5 nitrogen and oxygen atoms in total. The highest BCUT2D eigenvalue weighted by Gasteiger charge is 2.48. The molecule has 146 valence electrons. The SMILES string of the molecule is CN(C)c1ccc(C2C(C(=O)C(C)(C)C)=C(O)C(=O)N2C2CCCC2)cc1. The maximum Gasteiger partial charge on any atom is 0.290 e. The first kappa shape index (κ1) is 19.5. The second kappa shape index (κ2) is 7.02. The Morgan fingerprint density at radius 1 is 1.11 bits per heavy atom. The first-order chi connectivity index (χ1) is 12.6. The quantitative estimate of drug-likeness (QED) is 0.870. The second-order valence-corrected chi connectivity index (χ2v) is 8.88. The minimum absolute atomic E-state index is 0.0726. The van der Waals surface area contributed by atoms with E-state index in [1.165, 1.54) is 0 Å². The Hall–Kier alpha value is -2.30. The van der Waals surface area contributed by atoms with Gasteiger partial charge in [0.1, 0.15) is 0 Å². The van der Waals surface area contributed by atoms with Crippen LogP contribution in [-0.4, -0.2) is 41.8 Å². The smallest absolute Gasteiger partial charge is 0.290 e. The zero-order valence-corrected chi connectivity index (χ0v) is 17.0. The Morgan fingerprint density at radius 3 is 2.15 bits per heavy atom. The van der Waals surface area contributed by atoms with E-state index in [0.29, 0.717) is 0 Å². The number of Topliss-reactive ketones (excluding diaryl/α,β-unsaturated/α-hetero) is 1. The topological polar surface area (TPSA) is 60.9 Å². The lowest BCUT2D eigenvalue weighted by atomic mass is 9.82. The van der Waals surface area contributed by atoms with E-state index in [9.17, 15) is 14.7 Å². The van der Waals surface area contributed by atoms with Gasteiger partial charge in [-0.3, -0.25) is 9.59 Å². The van der Waals surface area contributed by atoms with Gasteiger partial charge in [0.2, 0.25) is 0 Å². The first-order valence-electron chi connectivity index (χ1n) is 9.71. The Bertz CT molecular complexity index is 766. The standard InChI is InChI=1S/C22H30N2O3/c1-22(2,3)20(26)17-18(14-10-12-15(13-11-14)23(4)5)24(21(27)19(17)25)16-8-6-7-9-16/h10-13,16,18,25H,6-9H2,1-5H3. The number of carbonyl (C=O) groups is 2. The molecular weight excluding hydrogens is 340 g/mol. The molecule has 3 rings (SSSR count). The van der Waals surface area contributed by atoms with Crippen molar-refractivity contribution < 1.29 is 14.7 Å². The minimum Gasteiger partial charge on any atom is -0.503 e. The van der Waals surface area contributed by atoms with Crippen molar-refractivity contribution in [2.24, 2.45) is 5.41 Å². The molecule has 1 heterocycles. The van der Waals surface area contributed by atoms with Gasteiger partial charge in [-0.05, 0) is 30.5 Å². The van der Waals surface area contributed by atoms with E-state index in [-0.39, 0.29) is 23.2 Å². The van der Waals surface area contributed by atoms with Crippen molar-refractivity contribution in [3.63, 3.8) is 0 Å². The van der Waals surface area contributed by atoms with E-state index < -0.39 is 17.4 Å². The molecule has 1 unspecified atom stereocenters. The van der Waals surface area contributed by atoms with Crippen LogP contribution in [0.2, 0.25) is 0 Å². The van der Waals surface area contributed by atoms with Gasteiger partial charge in [-0.15, -0.1) is 0 Å². The number of anilines is 1. The van der Waals surface area contributed by atoms with Crippen LogP contribution in [0.25, 0.3) is 0 Å². The molecule has 1 aliphatic carbocycles. The van der Waals surface area contributed by atoms with Crippen molar-refractivity contribution in [3.05, 3.63) is 41.2 Å². The first-order valence-corrected chi connectivity index (χ1v) is 9.71. The molecule has 0 radical (unpaired) electrons. The molecule has 1 atom stereocenters. The van der Waals surface area contributed by atoms with E-state index >= 15 is 0 Å². The van der Waals surface area contributed by atoms with E-state index in [2.05, 4.69) is 0 Å². The van der Waals surface area contributed by atoms with E-state index in [0.717, 1.165) is 36.9 Å². The van der Waals surface area contributed by atoms with Crippen LogP contribution in [0.4, 0.5) is 5.69 Å². The van der Waals surface area contributed by atoms with Crippen molar-refractivity contribution in [2.45, 2.75) is 58.5 Å². The van der Waals surface area contributed by atoms with Gasteiger partial charge in [-0.2, -0.15) is 0 Å². The lowest BCUT2D eigenvalue weighted by Gasteiger charge is -2.33. The number of rotatable bonds is 4. The molecule has 5 heteroatoms. The molecule has 1 aromatic carbocycles. The highest BCUT2D eigenvalue weighted by Crippen LogP contribution is 2.44. The Labute approximate surface area is 161 Å². The second-order valence-electron chi connectivity index (χ2n) is 8.88. The lowest BCUT2D eigenvalue weighted by Crippen LogP contribution is -2.39. The van der Waals surface area contributed by atoms with Gasteiger partial charge in [-0.1, -0.05) is 45.7 Å². The van der Waals surface area contributed by atoms with Crippen LogP contribution in [0, 0.1) is 5.41 Å². The van der Waals surface area contributed by atoms with Crippen molar-refractivity contribution >= 4 is 17.4 Å². The zero-order valence-electron chi connectivity index (χ0n) is 17.0. The summed E-state index contributed by atoms with van der Waals surface area (Å²) in [5.41, 5.74) is 1.50. The highest BCUT2D eigenvalue weighted by molar-refractivity contribution is 6.10. The Balaban J connectivity index is 2.09. The Kier molecular flexibility index (Phi) is 5.06. The van der Waals surface area contributed by atoms with Crippen molar-refractivity contribution in [3.8, 4) is 0 Å². The van der Waals surface area contributed by atoms with Crippen molar-refractivity contribution in [1.82, 2.24) is 4.90 Å². The van der Waals surface area contributed by atoms with Gasteiger partial charge in [0, 0.05) is 31.2 Å². The predicted octanol–water partition coefficient (Wildman–Crippen LogP) is 4.01. The number of benzene rings is 1. The van der Waals surface area contributed by atoms with Crippen LogP contribution in [-0.2, 0) is 9.59 Å². The minimum atomic E-state index is -0.670. The fraction of sp³-hybridized carbons (Fsp3) is 0.545. The number of carbonyl (C=O) groups excluding carboxylic acids is 2. The van der Waals surface area contributed by atoms with Crippen LogP contribution >= 0.6 is 0 Å². The summed E-state index contributed by atoms with van der Waals surface area (Å²) in [5.74, 6) is -0.949. The third-order valence-corrected chi connectivity index (χ3v) is 5.61. The van der Waals surface area contributed by atoms with Crippen LogP contribution in [0.3, 0.4) is 0 Å². The number of nitrogens with zero attached hydrogens (tertiary/aromatic N) is 2. The van der Waals surface area contributed by atoms with Gasteiger partial charge in [-0.25, -0.2) is 0 Å². The Morgan fingerprint density at radius 2 is 1.67 bits per heavy atom. The summed E-state index contributed by atoms with van der Waals surface area (Å²) >= 11 is 0. The van der Waals surface area contributed by atoms with Gasteiger partial charge in [0.25, 0.3) is 5.91 Å². The molecule has 0 spiro atoms.